The number of alkyl halides is 3. The van der Waals surface area contributed by atoms with Crippen molar-refractivity contribution >= 4 is 44.9 Å². The second-order valence-corrected chi connectivity index (χ2v) is 11.7. The lowest BCUT2D eigenvalue weighted by molar-refractivity contribution is -0.141. The van der Waals surface area contributed by atoms with Gasteiger partial charge in [-0.15, -0.1) is 0 Å². The number of halogens is 5. The van der Waals surface area contributed by atoms with Crippen LogP contribution < -0.4 is 9.04 Å². The maximum absolute atomic E-state index is 14.5. The van der Waals surface area contributed by atoms with E-state index < -0.39 is 44.5 Å². The lowest BCUT2D eigenvalue weighted by atomic mass is 10.0. The zero-order valence-electron chi connectivity index (χ0n) is 22.0. The van der Waals surface area contributed by atoms with E-state index in [1.54, 1.807) is 31.2 Å². The number of ether oxygens (including phenoxy) is 2. The summed E-state index contributed by atoms with van der Waals surface area (Å²) in [5, 5.41) is 0.198. The smallest absolute Gasteiger partial charge is 0.416 e. The van der Waals surface area contributed by atoms with E-state index in [0.717, 1.165) is 22.5 Å². The second kappa shape index (κ2) is 12.1. The molecular formula is C29H26ClF4NO5S. The van der Waals surface area contributed by atoms with Gasteiger partial charge in [-0.3, -0.25) is 9.10 Å². The van der Waals surface area contributed by atoms with E-state index in [9.17, 15) is 30.8 Å². The molecule has 0 aromatic heterocycles. The maximum atomic E-state index is 14.5. The van der Waals surface area contributed by atoms with E-state index in [2.05, 4.69) is 4.74 Å². The van der Waals surface area contributed by atoms with Crippen LogP contribution in [0.5, 0.6) is 5.75 Å². The topological polar surface area (TPSA) is 72.9 Å². The van der Waals surface area contributed by atoms with Crippen LogP contribution in [0.2, 0.25) is 5.02 Å². The molecule has 0 N–H and O–H groups in total. The Labute approximate surface area is 240 Å². The standard InChI is InChI=1S/C29H26ClF4NO5S/c1-18(28-23(30)9-5-10-24(28)31)14-19-12-13-26-25(15-19)35(17-21(40-26)7-4-11-27(36)39-2)41(37,38)22-8-3-6-20(16-22)29(32,33)34/h3,5-6,8-10,12-16,21H,4,7,11,17H2,1-2H3. The number of sulfonamides is 1. The van der Waals surface area contributed by atoms with Crippen LogP contribution in [-0.2, 0) is 25.7 Å². The highest BCUT2D eigenvalue weighted by molar-refractivity contribution is 7.92. The van der Waals surface area contributed by atoms with E-state index in [1.165, 1.54) is 25.3 Å². The Hall–Kier alpha value is -3.57. The molecule has 0 spiro atoms. The number of allylic oxidation sites excluding steroid dienone is 1. The maximum Gasteiger partial charge on any atom is 0.416 e. The third-order valence-corrected chi connectivity index (χ3v) is 8.63. The number of nitrogens with zero attached hydrogens (tertiary/aromatic N) is 1. The number of hydrogen-bond acceptors (Lipinski definition) is 5. The molecule has 1 heterocycles. The van der Waals surface area contributed by atoms with Crippen LogP contribution in [-0.4, -0.2) is 34.1 Å². The number of hydrogen-bond donors (Lipinski definition) is 0. The van der Waals surface area contributed by atoms with Crippen LogP contribution in [0.15, 0.2) is 65.6 Å². The van der Waals surface area contributed by atoms with Crippen LogP contribution in [0.4, 0.5) is 23.2 Å². The summed E-state index contributed by atoms with van der Waals surface area (Å²) in [5.74, 6) is -0.777. The number of esters is 1. The molecule has 6 nitrogen and oxygen atoms in total. The van der Waals surface area contributed by atoms with Gasteiger partial charge in [0.25, 0.3) is 10.0 Å². The minimum atomic E-state index is -4.74. The lowest BCUT2D eigenvalue weighted by Gasteiger charge is -2.36. The Morgan fingerprint density at radius 1 is 1.15 bits per heavy atom. The minimum absolute atomic E-state index is 0.0885. The molecule has 1 unspecified atom stereocenters. The molecule has 0 fully saturated rings. The van der Waals surface area contributed by atoms with Gasteiger partial charge >= 0.3 is 12.1 Å². The molecule has 3 aromatic rings. The summed E-state index contributed by atoms with van der Waals surface area (Å²) in [6, 6.07) is 12.5. The molecule has 1 aliphatic heterocycles. The molecule has 0 saturated heterocycles. The Kier molecular flexibility index (Phi) is 8.98. The van der Waals surface area contributed by atoms with Crippen LogP contribution in [0, 0.1) is 5.82 Å². The van der Waals surface area contributed by atoms with Crippen LogP contribution in [0.1, 0.15) is 42.9 Å². The largest absolute Gasteiger partial charge is 0.486 e. The third-order valence-electron chi connectivity index (χ3n) is 6.54. The Morgan fingerprint density at radius 3 is 2.56 bits per heavy atom. The predicted octanol–water partition coefficient (Wildman–Crippen LogP) is 7.36. The summed E-state index contributed by atoms with van der Waals surface area (Å²) in [5.41, 5.74) is 0.140. The molecule has 41 heavy (non-hydrogen) atoms. The molecule has 0 amide bonds. The molecule has 12 heteroatoms. The summed E-state index contributed by atoms with van der Waals surface area (Å²) in [4.78, 5) is 11.0. The van der Waals surface area contributed by atoms with E-state index in [4.69, 9.17) is 16.3 Å². The van der Waals surface area contributed by atoms with Crippen molar-refractivity contribution < 1.29 is 40.2 Å². The number of anilines is 1. The van der Waals surface area contributed by atoms with Crippen molar-refractivity contribution in [2.24, 2.45) is 0 Å². The van der Waals surface area contributed by atoms with E-state index in [1.807, 2.05) is 0 Å². The predicted molar refractivity (Wildman–Crippen MR) is 148 cm³/mol. The fourth-order valence-electron chi connectivity index (χ4n) is 4.53. The molecule has 4 rings (SSSR count). The summed E-state index contributed by atoms with van der Waals surface area (Å²) in [6.45, 7) is 1.44. The summed E-state index contributed by atoms with van der Waals surface area (Å²) >= 11 is 6.19. The van der Waals surface area contributed by atoms with Crippen LogP contribution in [0.25, 0.3) is 11.6 Å². The summed E-state index contributed by atoms with van der Waals surface area (Å²) < 4.78 is 93.9. The van der Waals surface area contributed by atoms with Crippen molar-refractivity contribution in [3.05, 3.63) is 88.2 Å². The van der Waals surface area contributed by atoms with Gasteiger partial charge in [0.05, 0.1) is 34.8 Å². The molecule has 1 aliphatic rings. The van der Waals surface area contributed by atoms with Gasteiger partial charge in [-0.05, 0) is 73.4 Å². The average Bonchev–Trinajstić information content (AvgIpc) is 2.92. The molecule has 0 radical (unpaired) electrons. The zero-order chi connectivity index (χ0) is 29.9. The van der Waals surface area contributed by atoms with Gasteiger partial charge in [0.2, 0.25) is 0 Å². The van der Waals surface area contributed by atoms with Gasteiger partial charge < -0.3 is 9.47 Å². The summed E-state index contributed by atoms with van der Waals surface area (Å²) in [6.07, 6.45) is -3.10. The van der Waals surface area contributed by atoms with Gasteiger partial charge in [-0.2, -0.15) is 13.2 Å². The molecule has 218 valence electrons. The number of rotatable bonds is 8. The number of fused-ring (bicyclic) bond motifs is 1. The van der Waals surface area contributed by atoms with E-state index in [-0.39, 0.29) is 41.4 Å². The van der Waals surface area contributed by atoms with E-state index >= 15 is 0 Å². The molecule has 1 atom stereocenters. The van der Waals surface area contributed by atoms with Crippen molar-refractivity contribution in [3.63, 3.8) is 0 Å². The van der Waals surface area contributed by atoms with Crippen molar-refractivity contribution in [3.8, 4) is 5.75 Å². The van der Waals surface area contributed by atoms with Crippen LogP contribution in [0.3, 0.4) is 0 Å². The average molecular weight is 612 g/mol. The van der Waals surface area contributed by atoms with Gasteiger partial charge in [-0.1, -0.05) is 35.9 Å². The summed E-state index contributed by atoms with van der Waals surface area (Å²) in [7, 11) is -3.23. The van der Waals surface area contributed by atoms with Gasteiger partial charge in [0.15, 0.2) is 0 Å². The first-order valence-corrected chi connectivity index (χ1v) is 14.3. The molecule has 0 aliphatic carbocycles. The van der Waals surface area contributed by atoms with Crippen molar-refractivity contribution in [2.75, 3.05) is 18.0 Å². The quantitative estimate of drug-likeness (QED) is 0.151. The fraction of sp³-hybridized carbons (Fsp3) is 0.276. The second-order valence-electron chi connectivity index (χ2n) is 9.42. The first-order valence-electron chi connectivity index (χ1n) is 12.5. The minimum Gasteiger partial charge on any atom is -0.486 e. The van der Waals surface area contributed by atoms with Crippen molar-refractivity contribution in [1.29, 1.82) is 0 Å². The molecule has 0 saturated carbocycles. The van der Waals surface area contributed by atoms with Crippen molar-refractivity contribution in [2.45, 2.75) is 43.4 Å². The van der Waals surface area contributed by atoms with Gasteiger partial charge in [0.1, 0.15) is 17.7 Å². The highest BCUT2D eigenvalue weighted by atomic mass is 35.5. The number of benzene rings is 3. The molecular weight excluding hydrogens is 586 g/mol. The van der Waals surface area contributed by atoms with E-state index in [0.29, 0.717) is 23.6 Å². The molecule has 0 bridgehead atoms. The Bertz CT molecular complexity index is 1570. The SMILES string of the molecule is COC(=O)CCCC1CN(S(=O)(=O)c2cccc(C(F)(F)F)c2)c2cc(C=C(C)c3c(F)cccc3Cl)ccc2O1. The highest BCUT2D eigenvalue weighted by Crippen LogP contribution is 2.40. The fourth-order valence-corrected chi connectivity index (χ4v) is 6.39. The molecule has 3 aromatic carbocycles. The van der Waals surface area contributed by atoms with Crippen molar-refractivity contribution in [1.82, 2.24) is 0 Å². The first kappa shape index (κ1) is 30.4. The number of methoxy groups -OCH3 is 1. The normalized spacial score (nSPS) is 15.7. The lowest BCUT2D eigenvalue weighted by Crippen LogP contribution is -2.43. The monoisotopic (exact) mass is 611 g/mol. The zero-order valence-corrected chi connectivity index (χ0v) is 23.6. The van der Waals surface area contributed by atoms with Gasteiger partial charge in [-0.25, -0.2) is 12.8 Å². The third kappa shape index (κ3) is 6.84. The Balaban J connectivity index is 1.76. The Morgan fingerprint density at radius 2 is 1.88 bits per heavy atom. The highest BCUT2D eigenvalue weighted by Gasteiger charge is 2.37. The van der Waals surface area contributed by atoms with Gasteiger partial charge in [0, 0.05) is 12.0 Å². The number of carbonyl (C=O) groups excluding carboxylic acids is 1. The number of carbonyl (C=O) groups is 1. The van der Waals surface area contributed by atoms with Crippen LogP contribution >= 0.6 is 11.6 Å². The first-order chi connectivity index (χ1) is 19.3.